The summed E-state index contributed by atoms with van der Waals surface area (Å²) >= 11 is 0. The molecule has 0 saturated heterocycles. The summed E-state index contributed by atoms with van der Waals surface area (Å²) in [4.78, 5) is 0. The average Bonchev–Trinajstić information content (AvgIpc) is 2.94. The third-order valence-electron chi connectivity index (χ3n) is 3.51. The van der Waals surface area contributed by atoms with Crippen LogP contribution in [0.15, 0.2) is 12.3 Å². The number of hydrogen-bond acceptors (Lipinski definition) is 1. The SMILES string of the molecule is CCC(C)[C@H](C)n1ccc(C2CC2)n1. The lowest BCUT2D eigenvalue weighted by Gasteiger charge is -2.18. The molecule has 78 valence electrons. The van der Waals surface area contributed by atoms with Crippen LogP contribution in [0, 0.1) is 5.92 Å². The largest absolute Gasteiger partial charge is 0.269 e. The van der Waals surface area contributed by atoms with Crippen molar-refractivity contribution in [1.82, 2.24) is 9.78 Å². The van der Waals surface area contributed by atoms with Crippen molar-refractivity contribution in [3.05, 3.63) is 18.0 Å². The molecule has 2 rings (SSSR count). The molecule has 1 unspecified atom stereocenters. The monoisotopic (exact) mass is 192 g/mol. The van der Waals surface area contributed by atoms with Gasteiger partial charge in [0.2, 0.25) is 0 Å². The van der Waals surface area contributed by atoms with Gasteiger partial charge < -0.3 is 0 Å². The minimum absolute atomic E-state index is 0.535. The minimum Gasteiger partial charge on any atom is -0.269 e. The summed E-state index contributed by atoms with van der Waals surface area (Å²) < 4.78 is 2.14. The summed E-state index contributed by atoms with van der Waals surface area (Å²) in [6.07, 6.45) is 6.05. The van der Waals surface area contributed by atoms with E-state index < -0.39 is 0 Å². The van der Waals surface area contributed by atoms with E-state index in [9.17, 15) is 0 Å². The van der Waals surface area contributed by atoms with Gasteiger partial charge in [0.15, 0.2) is 0 Å². The van der Waals surface area contributed by atoms with Crippen molar-refractivity contribution in [2.45, 2.75) is 52.0 Å². The van der Waals surface area contributed by atoms with Crippen LogP contribution in [0.1, 0.15) is 57.7 Å². The van der Waals surface area contributed by atoms with Crippen LogP contribution in [-0.2, 0) is 0 Å². The maximum absolute atomic E-state index is 4.66. The summed E-state index contributed by atoms with van der Waals surface area (Å²) in [6, 6.07) is 2.73. The van der Waals surface area contributed by atoms with Crippen molar-refractivity contribution in [1.29, 1.82) is 0 Å². The molecule has 1 aromatic heterocycles. The Morgan fingerprint density at radius 3 is 2.79 bits per heavy atom. The van der Waals surface area contributed by atoms with E-state index in [2.05, 4.69) is 42.8 Å². The van der Waals surface area contributed by atoms with Crippen LogP contribution in [0.2, 0.25) is 0 Å². The first-order valence-electron chi connectivity index (χ1n) is 5.77. The van der Waals surface area contributed by atoms with Crippen molar-refractivity contribution in [2.24, 2.45) is 5.92 Å². The Morgan fingerprint density at radius 1 is 1.50 bits per heavy atom. The van der Waals surface area contributed by atoms with E-state index in [1.165, 1.54) is 25.0 Å². The summed E-state index contributed by atoms with van der Waals surface area (Å²) in [5.41, 5.74) is 1.31. The molecule has 0 bridgehead atoms. The fourth-order valence-electron chi connectivity index (χ4n) is 1.78. The maximum atomic E-state index is 4.66. The zero-order valence-electron chi connectivity index (χ0n) is 9.40. The highest BCUT2D eigenvalue weighted by Gasteiger charge is 2.26. The van der Waals surface area contributed by atoms with Crippen LogP contribution in [0.5, 0.6) is 0 Å². The molecule has 2 heteroatoms. The van der Waals surface area contributed by atoms with Crippen molar-refractivity contribution < 1.29 is 0 Å². The Morgan fingerprint density at radius 2 is 2.21 bits per heavy atom. The van der Waals surface area contributed by atoms with Gasteiger partial charge in [-0.05, 0) is 31.7 Å². The van der Waals surface area contributed by atoms with Gasteiger partial charge in [0, 0.05) is 12.1 Å². The van der Waals surface area contributed by atoms with Crippen molar-refractivity contribution in [3.63, 3.8) is 0 Å². The molecule has 0 aliphatic heterocycles. The molecular weight excluding hydrogens is 172 g/mol. The second-order valence-electron chi connectivity index (χ2n) is 4.62. The van der Waals surface area contributed by atoms with Gasteiger partial charge in [0.25, 0.3) is 0 Å². The topological polar surface area (TPSA) is 17.8 Å². The molecule has 0 amide bonds. The first-order valence-corrected chi connectivity index (χ1v) is 5.77. The molecular formula is C12H20N2. The first-order chi connectivity index (χ1) is 6.72. The molecule has 1 aromatic rings. The molecule has 2 nitrogen and oxygen atoms in total. The molecule has 1 fully saturated rings. The number of rotatable bonds is 4. The molecule has 1 aliphatic carbocycles. The Labute approximate surface area is 86.3 Å². The van der Waals surface area contributed by atoms with E-state index in [-0.39, 0.29) is 0 Å². The molecule has 0 radical (unpaired) electrons. The number of hydrogen-bond donors (Lipinski definition) is 0. The molecule has 1 aliphatic rings. The smallest absolute Gasteiger partial charge is 0.0655 e. The predicted octanol–water partition coefficient (Wildman–Crippen LogP) is 3.37. The normalized spacial score (nSPS) is 20.8. The number of nitrogens with zero attached hydrogens (tertiary/aromatic N) is 2. The Hall–Kier alpha value is -0.790. The fraction of sp³-hybridized carbons (Fsp3) is 0.750. The minimum atomic E-state index is 0.535. The van der Waals surface area contributed by atoms with Crippen LogP contribution in [0.25, 0.3) is 0 Å². The molecule has 1 heterocycles. The highest BCUT2D eigenvalue weighted by Crippen LogP contribution is 2.39. The van der Waals surface area contributed by atoms with Gasteiger partial charge in [-0.25, -0.2) is 0 Å². The molecule has 1 saturated carbocycles. The lowest BCUT2D eigenvalue weighted by atomic mass is 10.0. The summed E-state index contributed by atoms with van der Waals surface area (Å²) in [6.45, 7) is 6.80. The quantitative estimate of drug-likeness (QED) is 0.715. The lowest BCUT2D eigenvalue weighted by Crippen LogP contribution is -2.14. The van der Waals surface area contributed by atoms with Crippen LogP contribution in [0.3, 0.4) is 0 Å². The highest BCUT2D eigenvalue weighted by atomic mass is 15.3. The van der Waals surface area contributed by atoms with Gasteiger partial charge in [0.05, 0.1) is 11.7 Å². The van der Waals surface area contributed by atoms with Gasteiger partial charge >= 0.3 is 0 Å². The van der Waals surface area contributed by atoms with Crippen LogP contribution < -0.4 is 0 Å². The lowest BCUT2D eigenvalue weighted by molar-refractivity contribution is 0.342. The Bertz CT molecular complexity index is 299. The number of aromatic nitrogens is 2. The second kappa shape index (κ2) is 3.76. The average molecular weight is 192 g/mol. The van der Waals surface area contributed by atoms with Crippen LogP contribution in [0.4, 0.5) is 0 Å². The van der Waals surface area contributed by atoms with Crippen LogP contribution in [-0.4, -0.2) is 9.78 Å². The van der Waals surface area contributed by atoms with Gasteiger partial charge in [-0.15, -0.1) is 0 Å². The van der Waals surface area contributed by atoms with Gasteiger partial charge in [-0.1, -0.05) is 20.3 Å². The predicted molar refractivity (Wildman–Crippen MR) is 58.4 cm³/mol. The van der Waals surface area contributed by atoms with Crippen LogP contribution >= 0.6 is 0 Å². The van der Waals surface area contributed by atoms with E-state index in [1.807, 2.05) is 0 Å². The zero-order chi connectivity index (χ0) is 10.1. The van der Waals surface area contributed by atoms with E-state index in [0.29, 0.717) is 12.0 Å². The van der Waals surface area contributed by atoms with E-state index in [4.69, 9.17) is 0 Å². The Kier molecular flexibility index (Phi) is 2.62. The van der Waals surface area contributed by atoms with Crippen molar-refractivity contribution in [2.75, 3.05) is 0 Å². The fourth-order valence-corrected chi connectivity index (χ4v) is 1.78. The molecule has 14 heavy (non-hydrogen) atoms. The van der Waals surface area contributed by atoms with Gasteiger partial charge in [-0.3, -0.25) is 4.68 Å². The van der Waals surface area contributed by atoms with Crippen molar-refractivity contribution in [3.8, 4) is 0 Å². The standard InChI is InChI=1S/C12H20N2/c1-4-9(2)10(3)14-8-7-12(13-14)11-5-6-11/h7-11H,4-6H2,1-3H3/t9?,10-/m0/s1. The van der Waals surface area contributed by atoms with Gasteiger partial charge in [0.1, 0.15) is 0 Å². The molecule has 0 aromatic carbocycles. The highest BCUT2D eigenvalue weighted by molar-refractivity contribution is 5.12. The Balaban J connectivity index is 2.07. The first kappa shape index (κ1) is 9.75. The van der Waals surface area contributed by atoms with E-state index in [0.717, 1.165) is 5.92 Å². The van der Waals surface area contributed by atoms with E-state index in [1.54, 1.807) is 0 Å². The second-order valence-corrected chi connectivity index (χ2v) is 4.62. The van der Waals surface area contributed by atoms with Crippen molar-refractivity contribution >= 4 is 0 Å². The molecule has 0 spiro atoms. The molecule has 2 atom stereocenters. The zero-order valence-corrected chi connectivity index (χ0v) is 9.40. The maximum Gasteiger partial charge on any atom is 0.0655 e. The summed E-state index contributed by atoms with van der Waals surface area (Å²) in [5.74, 6) is 1.49. The molecule has 0 N–H and O–H groups in total. The third kappa shape index (κ3) is 1.84. The third-order valence-corrected chi connectivity index (χ3v) is 3.51. The van der Waals surface area contributed by atoms with Gasteiger partial charge in [-0.2, -0.15) is 5.10 Å². The summed E-state index contributed by atoms with van der Waals surface area (Å²) in [5, 5.41) is 4.66. The summed E-state index contributed by atoms with van der Waals surface area (Å²) in [7, 11) is 0. The van der Waals surface area contributed by atoms with E-state index >= 15 is 0 Å².